The molecule has 0 bridgehead atoms. The van der Waals surface area contributed by atoms with E-state index < -0.39 is 5.97 Å². The number of hydrogen-bond donors (Lipinski definition) is 1. The van der Waals surface area contributed by atoms with Crippen molar-refractivity contribution < 1.29 is 61.3 Å². The average molecular weight is 396 g/mol. The Kier molecular flexibility index (Phi) is 8.10. The molecule has 26 heavy (non-hydrogen) atoms. The Balaban J connectivity index is 0.00000243. The fraction of sp³-hybridized carbons (Fsp3) is 0.476. The molecular formula is C21H26KNO2S. The molecule has 2 aliphatic rings. The maximum absolute atomic E-state index is 11.8. The third-order valence-corrected chi connectivity index (χ3v) is 6.42. The fourth-order valence-corrected chi connectivity index (χ4v) is 4.88. The molecular weight excluding hydrogens is 369 g/mol. The van der Waals surface area contributed by atoms with Crippen molar-refractivity contribution in [3.05, 3.63) is 62.2 Å². The van der Waals surface area contributed by atoms with Crippen LogP contribution in [0.4, 0.5) is 0 Å². The van der Waals surface area contributed by atoms with Gasteiger partial charge >= 0.3 is 57.4 Å². The van der Waals surface area contributed by atoms with Crippen molar-refractivity contribution in [2.75, 3.05) is 13.1 Å². The molecule has 3 nitrogen and oxygen atoms in total. The van der Waals surface area contributed by atoms with E-state index in [-0.39, 0.29) is 56.8 Å². The Labute approximate surface area is 203 Å². The minimum atomic E-state index is -0.781. The zero-order valence-electron chi connectivity index (χ0n) is 16.1. The molecule has 0 saturated carbocycles. The minimum absolute atomic E-state index is 0. The van der Waals surface area contributed by atoms with E-state index in [4.69, 9.17) is 0 Å². The van der Waals surface area contributed by atoms with Gasteiger partial charge in [0.2, 0.25) is 0 Å². The van der Waals surface area contributed by atoms with E-state index in [1.807, 2.05) is 6.08 Å². The maximum Gasteiger partial charge on any atom is 1.00 e. The van der Waals surface area contributed by atoms with Gasteiger partial charge in [0.25, 0.3) is 0 Å². The summed E-state index contributed by atoms with van der Waals surface area (Å²) in [5.74, 6) is -0.781. The van der Waals surface area contributed by atoms with Crippen molar-refractivity contribution in [1.29, 1.82) is 0 Å². The Hall–Kier alpha value is -0.0136. The van der Waals surface area contributed by atoms with Crippen molar-refractivity contribution in [1.82, 2.24) is 0 Å². The van der Waals surface area contributed by atoms with Crippen LogP contribution in [0.2, 0.25) is 0 Å². The van der Waals surface area contributed by atoms with Gasteiger partial charge in [-0.25, -0.2) is 4.79 Å². The molecule has 1 aromatic rings. The number of aryl methyl sites for hydroxylation is 1. The number of carboxylic acid groups (broad SMARTS) is 1. The van der Waals surface area contributed by atoms with Crippen molar-refractivity contribution in [3.63, 3.8) is 0 Å². The number of allylic oxidation sites excluding steroid dienone is 3. The normalized spacial score (nSPS) is 20.8. The number of rotatable bonds is 4. The number of hydrogen-bond acceptors (Lipinski definition) is 2. The Morgan fingerprint density at radius 1 is 1.38 bits per heavy atom. The van der Waals surface area contributed by atoms with E-state index in [0.29, 0.717) is 12.0 Å². The van der Waals surface area contributed by atoms with Crippen LogP contribution in [-0.4, -0.2) is 24.2 Å². The number of fused-ring (bicyclic) bond motifs is 1. The standard InChI is InChI=1S/C21H26NO2S.K/c1-14-9-11-22-13-15(14)6-4-5-7-18-19(20(23)24)16-12-21(2,3)10-8-17(16)25-18;/h4-6H,1,7-13H2,2-3H3,(H,23,24);/q-1;+1/b5-4-,15-6-;. The Morgan fingerprint density at radius 3 is 2.85 bits per heavy atom. The summed E-state index contributed by atoms with van der Waals surface area (Å²) in [6.07, 6.45) is 10.8. The monoisotopic (exact) mass is 395 g/mol. The first-order valence-corrected chi connectivity index (χ1v) is 9.73. The predicted octanol–water partition coefficient (Wildman–Crippen LogP) is 2.32. The van der Waals surface area contributed by atoms with Gasteiger partial charge in [0.05, 0.1) is 5.56 Å². The third kappa shape index (κ3) is 5.28. The summed E-state index contributed by atoms with van der Waals surface area (Å²) < 4.78 is 0. The van der Waals surface area contributed by atoms with Crippen molar-refractivity contribution >= 4 is 17.3 Å². The van der Waals surface area contributed by atoms with Crippen LogP contribution in [0.1, 0.15) is 52.4 Å². The summed E-state index contributed by atoms with van der Waals surface area (Å²) in [4.78, 5) is 14.1. The van der Waals surface area contributed by atoms with Gasteiger partial charge in [-0.1, -0.05) is 49.8 Å². The Morgan fingerprint density at radius 2 is 2.15 bits per heavy atom. The van der Waals surface area contributed by atoms with Gasteiger partial charge in [0.1, 0.15) is 0 Å². The summed E-state index contributed by atoms with van der Waals surface area (Å²) in [7, 11) is 0. The van der Waals surface area contributed by atoms with Crippen molar-refractivity contribution in [2.45, 2.75) is 46.0 Å². The summed E-state index contributed by atoms with van der Waals surface area (Å²) in [5.41, 5.74) is 4.19. The summed E-state index contributed by atoms with van der Waals surface area (Å²) >= 11 is 1.69. The zero-order valence-corrected chi connectivity index (χ0v) is 20.0. The molecule has 1 saturated heterocycles. The van der Waals surface area contributed by atoms with Crippen LogP contribution in [-0.2, 0) is 19.3 Å². The van der Waals surface area contributed by atoms with Crippen LogP contribution in [0.25, 0.3) is 5.32 Å². The topological polar surface area (TPSA) is 51.4 Å². The number of nitrogens with zero attached hydrogens (tertiary/aromatic N) is 1. The second-order valence-corrected chi connectivity index (χ2v) is 8.92. The molecule has 3 rings (SSSR count). The average Bonchev–Trinajstić information content (AvgIpc) is 2.89. The third-order valence-electron chi connectivity index (χ3n) is 5.11. The van der Waals surface area contributed by atoms with Crippen molar-refractivity contribution in [2.24, 2.45) is 5.41 Å². The molecule has 1 aromatic heterocycles. The first-order chi connectivity index (χ1) is 11.9. The van der Waals surface area contributed by atoms with Gasteiger partial charge in [-0.15, -0.1) is 24.4 Å². The summed E-state index contributed by atoms with van der Waals surface area (Å²) in [6, 6.07) is 0. The number of thiophene rings is 1. The number of carboxylic acids is 1. The smallest absolute Gasteiger partial charge is 0.658 e. The molecule has 2 heterocycles. The van der Waals surface area contributed by atoms with E-state index >= 15 is 0 Å². The minimum Gasteiger partial charge on any atom is -0.658 e. The molecule has 1 fully saturated rings. The van der Waals surface area contributed by atoms with Gasteiger partial charge in [0.15, 0.2) is 0 Å². The van der Waals surface area contributed by atoms with Gasteiger partial charge in [-0.2, -0.15) is 0 Å². The van der Waals surface area contributed by atoms with Crippen LogP contribution < -0.4 is 51.4 Å². The van der Waals surface area contributed by atoms with Crippen LogP contribution >= 0.6 is 11.3 Å². The largest absolute Gasteiger partial charge is 1.00 e. The van der Waals surface area contributed by atoms with E-state index in [2.05, 4.69) is 37.9 Å². The first kappa shape index (κ1) is 22.3. The molecule has 0 atom stereocenters. The number of carbonyl (C=O) groups is 1. The summed E-state index contributed by atoms with van der Waals surface area (Å²) in [5, 5.41) is 14.1. The molecule has 0 radical (unpaired) electrons. The molecule has 0 unspecified atom stereocenters. The van der Waals surface area contributed by atoms with Gasteiger partial charge in [-0.3, -0.25) is 0 Å². The Bertz CT molecular complexity index is 758. The van der Waals surface area contributed by atoms with Crippen LogP contribution in [0.15, 0.2) is 36.0 Å². The molecule has 0 aromatic carbocycles. The predicted molar refractivity (Wildman–Crippen MR) is 105 cm³/mol. The zero-order chi connectivity index (χ0) is 18.0. The van der Waals surface area contributed by atoms with Crippen LogP contribution in [0, 0.1) is 5.41 Å². The van der Waals surface area contributed by atoms with E-state index in [9.17, 15) is 9.90 Å². The van der Waals surface area contributed by atoms with Crippen LogP contribution in [0.3, 0.4) is 0 Å². The molecule has 1 aliphatic carbocycles. The maximum atomic E-state index is 11.8. The van der Waals surface area contributed by atoms with E-state index in [0.717, 1.165) is 49.2 Å². The second-order valence-electron chi connectivity index (χ2n) is 7.73. The first-order valence-electron chi connectivity index (χ1n) is 8.91. The molecule has 5 heteroatoms. The van der Waals surface area contributed by atoms with Gasteiger partial charge < -0.3 is 10.4 Å². The van der Waals surface area contributed by atoms with Gasteiger partial charge in [-0.05, 0) is 36.7 Å². The molecule has 134 valence electrons. The molecule has 0 spiro atoms. The van der Waals surface area contributed by atoms with Gasteiger partial charge in [0, 0.05) is 16.2 Å². The van der Waals surface area contributed by atoms with Crippen LogP contribution in [0.5, 0.6) is 0 Å². The van der Waals surface area contributed by atoms with Crippen molar-refractivity contribution in [3.8, 4) is 0 Å². The van der Waals surface area contributed by atoms with E-state index in [1.54, 1.807) is 11.3 Å². The molecule has 1 N–H and O–H groups in total. The second kappa shape index (κ2) is 9.46. The molecule has 1 aliphatic heterocycles. The number of aromatic carboxylic acids is 1. The fourth-order valence-electron chi connectivity index (χ4n) is 3.58. The SMILES string of the molecule is C=C1CC[N-]C/C1=C/C=C\Cc1sc2c(c1C(=O)O)CC(C)(C)CC2.[K+]. The molecule has 0 amide bonds. The quantitative estimate of drug-likeness (QED) is 0.796. The number of piperidine rings is 1. The summed E-state index contributed by atoms with van der Waals surface area (Å²) in [6.45, 7) is 10.2. The van der Waals surface area contributed by atoms with E-state index in [1.165, 1.54) is 16.0 Å².